The van der Waals surface area contributed by atoms with Crippen molar-refractivity contribution in [1.82, 2.24) is 10.3 Å². The Morgan fingerprint density at radius 2 is 1.87 bits per heavy atom. The highest BCUT2D eigenvalue weighted by Crippen LogP contribution is 2.23. The molecule has 0 radical (unpaired) electrons. The molecule has 0 atom stereocenters. The minimum absolute atomic E-state index is 0.00253. The van der Waals surface area contributed by atoms with Crippen molar-refractivity contribution >= 4 is 33.2 Å². The first-order chi connectivity index (χ1) is 14.8. The smallest absolute Gasteiger partial charge is 0.261 e. The van der Waals surface area contributed by atoms with Gasteiger partial charge in [-0.3, -0.25) is 9.52 Å². The molecular formula is C21H19ClFN3O4S. The Kier molecular flexibility index (Phi) is 7.09. The van der Waals surface area contributed by atoms with Gasteiger partial charge in [0.2, 0.25) is 5.88 Å². The third-order valence-corrected chi connectivity index (χ3v) is 5.84. The number of amides is 1. The summed E-state index contributed by atoms with van der Waals surface area (Å²) in [5, 5.41) is 2.80. The molecule has 0 aliphatic rings. The first-order valence-corrected chi connectivity index (χ1v) is 11.1. The second kappa shape index (κ2) is 9.76. The number of rotatable bonds is 8. The molecule has 0 spiro atoms. The summed E-state index contributed by atoms with van der Waals surface area (Å²) in [5.41, 5.74) is 0.942. The van der Waals surface area contributed by atoms with Crippen LogP contribution in [0.1, 0.15) is 22.8 Å². The predicted molar refractivity (Wildman–Crippen MR) is 115 cm³/mol. The number of nitrogens with one attached hydrogen (secondary N) is 2. The van der Waals surface area contributed by atoms with Gasteiger partial charge in [0.15, 0.2) is 0 Å². The Hall–Kier alpha value is -3.17. The van der Waals surface area contributed by atoms with E-state index in [0.29, 0.717) is 12.5 Å². The van der Waals surface area contributed by atoms with Gasteiger partial charge in [-0.1, -0.05) is 11.6 Å². The highest BCUT2D eigenvalue weighted by molar-refractivity contribution is 7.92. The quantitative estimate of drug-likeness (QED) is 0.526. The molecule has 10 heteroatoms. The molecule has 162 valence electrons. The van der Waals surface area contributed by atoms with Gasteiger partial charge in [-0.05, 0) is 61.0 Å². The van der Waals surface area contributed by atoms with Crippen molar-refractivity contribution in [2.45, 2.75) is 18.4 Å². The van der Waals surface area contributed by atoms with Crippen LogP contribution in [0, 0.1) is 5.82 Å². The van der Waals surface area contributed by atoms with E-state index in [-0.39, 0.29) is 27.7 Å². The first kappa shape index (κ1) is 22.5. The summed E-state index contributed by atoms with van der Waals surface area (Å²) in [7, 11) is -4.01. The molecule has 0 bridgehead atoms. The number of ether oxygens (including phenoxy) is 1. The van der Waals surface area contributed by atoms with Crippen molar-refractivity contribution in [2.75, 3.05) is 11.3 Å². The van der Waals surface area contributed by atoms with Crippen molar-refractivity contribution in [1.29, 1.82) is 0 Å². The van der Waals surface area contributed by atoms with Crippen LogP contribution in [-0.2, 0) is 16.6 Å². The van der Waals surface area contributed by atoms with Crippen molar-refractivity contribution in [3.8, 4) is 5.88 Å². The summed E-state index contributed by atoms with van der Waals surface area (Å²) in [6.07, 6.45) is 1.56. The lowest BCUT2D eigenvalue weighted by Crippen LogP contribution is -2.24. The molecule has 1 heterocycles. The Balaban J connectivity index is 1.76. The fraction of sp³-hybridized carbons (Fsp3) is 0.143. The van der Waals surface area contributed by atoms with Gasteiger partial charge < -0.3 is 10.1 Å². The monoisotopic (exact) mass is 463 g/mol. The molecular weight excluding hydrogens is 445 g/mol. The van der Waals surface area contributed by atoms with Gasteiger partial charge in [-0.25, -0.2) is 17.8 Å². The van der Waals surface area contributed by atoms with E-state index in [1.807, 2.05) is 6.92 Å². The lowest BCUT2D eigenvalue weighted by molar-refractivity contribution is 0.0950. The van der Waals surface area contributed by atoms with Gasteiger partial charge in [-0.2, -0.15) is 0 Å². The van der Waals surface area contributed by atoms with Gasteiger partial charge in [0.05, 0.1) is 22.1 Å². The molecule has 7 nitrogen and oxygen atoms in total. The van der Waals surface area contributed by atoms with Crippen molar-refractivity contribution in [3.05, 3.63) is 82.8 Å². The number of hydrogen-bond donors (Lipinski definition) is 2. The highest BCUT2D eigenvalue weighted by atomic mass is 35.5. The number of nitrogens with zero attached hydrogens (tertiary/aromatic N) is 1. The summed E-state index contributed by atoms with van der Waals surface area (Å²) in [6.45, 7) is 2.47. The largest absolute Gasteiger partial charge is 0.478 e. The molecule has 2 N–H and O–H groups in total. The molecule has 0 unspecified atom stereocenters. The summed E-state index contributed by atoms with van der Waals surface area (Å²) in [6, 6.07) is 12.1. The molecule has 3 rings (SSSR count). The summed E-state index contributed by atoms with van der Waals surface area (Å²) < 4.78 is 46.0. The number of sulfonamides is 1. The van der Waals surface area contributed by atoms with Crippen LogP contribution in [0.3, 0.4) is 0 Å². The molecule has 0 aliphatic carbocycles. The number of carbonyl (C=O) groups excluding carboxylic acids is 1. The number of anilines is 1. The lowest BCUT2D eigenvalue weighted by atomic mass is 10.2. The van der Waals surface area contributed by atoms with Crippen LogP contribution in [0.5, 0.6) is 5.88 Å². The maximum atomic E-state index is 13.0. The van der Waals surface area contributed by atoms with E-state index < -0.39 is 21.7 Å². The minimum Gasteiger partial charge on any atom is -0.478 e. The Morgan fingerprint density at radius 1 is 1.13 bits per heavy atom. The molecule has 0 fully saturated rings. The molecule has 3 aromatic rings. The average molecular weight is 464 g/mol. The van der Waals surface area contributed by atoms with Crippen LogP contribution < -0.4 is 14.8 Å². The van der Waals surface area contributed by atoms with Crippen LogP contribution >= 0.6 is 11.6 Å². The van der Waals surface area contributed by atoms with E-state index in [4.69, 9.17) is 16.3 Å². The van der Waals surface area contributed by atoms with E-state index >= 15 is 0 Å². The van der Waals surface area contributed by atoms with Crippen LogP contribution in [0.25, 0.3) is 0 Å². The third-order valence-electron chi connectivity index (χ3n) is 4.13. The van der Waals surface area contributed by atoms with Crippen molar-refractivity contribution in [3.63, 3.8) is 0 Å². The molecule has 0 aliphatic heterocycles. The Labute approximate surface area is 184 Å². The normalized spacial score (nSPS) is 11.1. The van der Waals surface area contributed by atoms with Crippen LogP contribution in [0.4, 0.5) is 10.1 Å². The van der Waals surface area contributed by atoms with E-state index in [2.05, 4.69) is 15.0 Å². The lowest BCUT2D eigenvalue weighted by Gasteiger charge is -2.11. The number of carbonyl (C=O) groups is 1. The number of benzene rings is 2. The van der Waals surface area contributed by atoms with Gasteiger partial charge in [0.25, 0.3) is 15.9 Å². The van der Waals surface area contributed by atoms with E-state index in [9.17, 15) is 17.6 Å². The van der Waals surface area contributed by atoms with Crippen molar-refractivity contribution < 1.29 is 22.3 Å². The van der Waals surface area contributed by atoms with Crippen LogP contribution in [0.15, 0.2) is 65.7 Å². The molecule has 0 saturated carbocycles. The fourth-order valence-corrected chi connectivity index (χ4v) is 3.93. The number of aromatic nitrogens is 1. The number of halogens is 2. The molecule has 1 aromatic heterocycles. The average Bonchev–Trinajstić information content (AvgIpc) is 2.74. The van der Waals surface area contributed by atoms with Gasteiger partial charge in [-0.15, -0.1) is 0 Å². The predicted octanol–water partition coefficient (Wildman–Crippen LogP) is 4.00. The van der Waals surface area contributed by atoms with E-state index in [1.54, 1.807) is 18.3 Å². The van der Waals surface area contributed by atoms with Gasteiger partial charge in [0.1, 0.15) is 5.82 Å². The van der Waals surface area contributed by atoms with E-state index in [0.717, 1.165) is 17.7 Å². The maximum Gasteiger partial charge on any atom is 0.261 e. The van der Waals surface area contributed by atoms with Crippen LogP contribution in [0.2, 0.25) is 5.02 Å². The zero-order valence-corrected chi connectivity index (χ0v) is 18.0. The van der Waals surface area contributed by atoms with Crippen molar-refractivity contribution in [2.24, 2.45) is 0 Å². The first-order valence-electron chi connectivity index (χ1n) is 9.22. The Morgan fingerprint density at radius 3 is 2.58 bits per heavy atom. The second-order valence-electron chi connectivity index (χ2n) is 6.37. The Bertz CT molecular complexity index is 1190. The SMILES string of the molecule is CCOc1cc(CNC(=O)c2cc(S(=O)(=O)Nc3ccc(F)cc3)ccc2Cl)ccn1. The van der Waals surface area contributed by atoms with Crippen LogP contribution in [-0.4, -0.2) is 25.9 Å². The molecule has 0 saturated heterocycles. The summed E-state index contributed by atoms with van der Waals surface area (Å²) in [5.74, 6) is -0.596. The zero-order valence-electron chi connectivity index (χ0n) is 16.4. The number of hydrogen-bond acceptors (Lipinski definition) is 5. The highest BCUT2D eigenvalue weighted by Gasteiger charge is 2.19. The van der Waals surface area contributed by atoms with E-state index in [1.165, 1.54) is 30.3 Å². The molecule has 2 aromatic carbocycles. The maximum absolute atomic E-state index is 13.0. The number of pyridine rings is 1. The minimum atomic E-state index is -4.01. The van der Waals surface area contributed by atoms with Gasteiger partial charge >= 0.3 is 0 Å². The van der Waals surface area contributed by atoms with Gasteiger partial charge in [0, 0.05) is 24.5 Å². The summed E-state index contributed by atoms with van der Waals surface area (Å²) >= 11 is 6.12. The molecule has 31 heavy (non-hydrogen) atoms. The molecule has 1 amide bonds. The standard InChI is InChI=1S/C21H19ClFN3O4S/c1-2-30-20-11-14(9-10-24-20)13-25-21(27)18-12-17(7-8-19(18)22)31(28,29)26-16-5-3-15(23)4-6-16/h3-12,26H,2,13H2,1H3,(H,25,27). The topological polar surface area (TPSA) is 97.4 Å². The summed E-state index contributed by atoms with van der Waals surface area (Å²) in [4.78, 5) is 16.5. The zero-order chi connectivity index (χ0) is 22.4. The third kappa shape index (κ3) is 5.93. The fourth-order valence-electron chi connectivity index (χ4n) is 2.64. The second-order valence-corrected chi connectivity index (χ2v) is 8.46.